The zero-order chi connectivity index (χ0) is 22.2. The lowest BCUT2D eigenvalue weighted by Gasteiger charge is -2.33. The lowest BCUT2D eigenvalue weighted by Crippen LogP contribution is -2.35. The number of fused-ring (bicyclic) bond motifs is 1. The van der Waals surface area contributed by atoms with Gasteiger partial charge in [-0.2, -0.15) is 18.3 Å². The third-order valence-corrected chi connectivity index (χ3v) is 5.84. The molecule has 2 atom stereocenters. The summed E-state index contributed by atoms with van der Waals surface area (Å²) in [6, 6.07) is 13.4. The van der Waals surface area contributed by atoms with Gasteiger partial charge in [0, 0.05) is 22.6 Å². The van der Waals surface area contributed by atoms with Crippen molar-refractivity contribution in [3.8, 4) is 0 Å². The van der Waals surface area contributed by atoms with Crippen molar-refractivity contribution in [2.75, 3.05) is 10.6 Å². The van der Waals surface area contributed by atoms with Gasteiger partial charge in [-0.1, -0.05) is 47.1 Å². The van der Waals surface area contributed by atoms with Gasteiger partial charge in [0.25, 0.3) is 5.91 Å². The summed E-state index contributed by atoms with van der Waals surface area (Å²) in [7, 11) is 0. The van der Waals surface area contributed by atoms with Crippen molar-refractivity contribution in [1.29, 1.82) is 0 Å². The summed E-state index contributed by atoms with van der Waals surface area (Å²) in [5.41, 5.74) is 2.33. The molecule has 0 bridgehead atoms. The van der Waals surface area contributed by atoms with Crippen LogP contribution in [0.4, 0.5) is 24.7 Å². The van der Waals surface area contributed by atoms with E-state index >= 15 is 0 Å². The molecule has 2 aromatic carbocycles. The first-order valence-corrected chi connectivity index (χ1v) is 10.6. The minimum Gasteiger partial charge on any atom is -0.363 e. The number of benzene rings is 2. The fourth-order valence-corrected chi connectivity index (χ4v) is 3.88. The number of halogens is 4. The Hall–Kier alpha value is -2.81. The standard InChI is InChI=1S/C22H20BrF3N4O/c1-2-13-3-9-16(10-4-13)27-21(31)18-12-20-28-17(14-5-7-15(23)8-6-14)11-19(22(24,25)26)30(20)29-18/h3-10,12,17,19,28H,2,11H2,1H3,(H,27,31)/t17-,19-/m1/s1. The van der Waals surface area contributed by atoms with Crippen molar-refractivity contribution in [2.45, 2.75) is 38.0 Å². The number of carbonyl (C=O) groups is 1. The Morgan fingerprint density at radius 2 is 1.87 bits per heavy atom. The molecule has 0 spiro atoms. The molecular formula is C22H20BrF3N4O. The summed E-state index contributed by atoms with van der Waals surface area (Å²) in [5, 5.41) is 9.77. The van der Waals surface area contributed by atoms with Gasteiger partial charge in [-0.05, 0) is 41.8 Å². The van der Waals surface area contributed by atoms with Crippen LogP contribution >= 0.6 is 15.9 Å². The van der Waals surface area contributed by atoms with Crippen molar-refractivity contribution >= 4 is 33.3 Å². The molecule has 31 heavy (non-hydrogen) atoms. The highest BCUT2D eigenvalue weighted by Crippen LogP contribution is 2.43. The van der Waals surface area contributed by atoms with Gasteiger partial charge in [-0.15, -0.1) is 0 Å². The number of hydrogen-bond acceptors (Lipinski definition) is 3. The van der Waals surface area contributed by atoms with E-state index in [1.165, 1.54) is 6.07 Å². The molecule has 1 aromatic heterocycles. The zero-order valence-electron chi connectivity index (χ0n) is 16.6. The maximum atomic E-state index is 13.8. The topological polar surface area (TPSA) is 59.0 Å². The van der Waals surface area contributed by atoms with Crippen LogP contribution in [0.5, 0.6) is 0 Å². The molecule has 4 rings (SSSR count). The van der Waals surface area contributed by atoms with E-state index in [9.17, 15) is 18.0 Å². The Morgan fingerprint density at radius 3 is 2.48 bits per heavy atom. The zero-order valence-corrected chi connectivity index (χ0v) is 18.2. The predicted octanol–water partition coefficient (Wildman–Crippen LogP) is 6.12. The van der Waals surface area contributed by atoms with Gasteiger partial charge in [0.2, 0.25) is 0 Å². The number of aromatic nitrogens is 2. The van der Waals surface area contributed by atoms with Gasteiger partial charge in [-0.25, -0.2) is 4.68 Å². The lowest BCUT2D eigenvalue weighted by molar-refractivity contribution is -0.173. The molecule has 0 saturated carbocycles. The van der Waals surface area contributed by atoms with Gasteiger partial charge in [0.1, 0.15) is 5.82 Å². The van der Waals surface area contributed by atoms with Crippen LogP contribution in [-0.2, 0) is 6.42 Å². The summed E-state index contributed by atoms with van der Waals surface area (Å²) in [6.45, 7) is 2.02. The van der Waals surface area contributed by atoms with E-state index in [-0.39, 0.29) is 17.9 Å². The first-order valence-electron chi connectivity index (χ1n) is 9.83. The second-order valence-corrected chi connectivity index (χ2v) is 8.32. The van der Waals surface area contributed by atoms with Crippen LogP contribution in [0.15, 0.2) is 59.1 Å². The van der Waals surface area contributed by atoms with Crippen molar-refractivity contribution in [1.82, 2.24) is 9.78 Å². The number of carbonyl (C=O) groups excluding carboxylic acids is 1. The molecule has 2 heterocycles. The van der Waals surface area contributed by atoms with Crippen LogP contribution in [0.3, 0.4) is 0 Å². The molecule has 5 nitrogen and oxygen atoms in total. The monoisotopic (exact) mass is 492 g/mol. The first-order chi connectivity index (χ1) is 14.7. The van der Waals surface area contributed by atoms with Gasteiger partial charge in [0.15, 0.2) is 11.7 Å². The van der Waals surface area contributed by atoms with Crippen LogP contribution in [0.2, 0.25) is 0 Å². The molecule has 0 saturated heterocycles. The Labute approximate surface area is 185 Å². The van der Waals surface area contributed by atoms with Crippen molar-refractivity contribution in [3.05, 3.63) is 75.9 Å². The second kappa shape index (κ2) is 8.37. The van der Waals surface area contributed by atoms with Crippen LogP contribution in [0, 0.1) is 0 Å². The van der Waals surface area contributed by atoms with Gasteiger partial charge < -0.3 is 10.6 Å². The largest absolute Gasteiger partial charge is 0.410 e. The molecule has 3 aromatic rings. The SMILES string of the molecule is CCc1ccc(NC(=O)c2cc3n(n2)[C@@H](C(F)(F)F)C[C@H](c2ccc(Br)cc2)N3)cc1. The molecule has 0 radical (unpaired) electrons. The number of alkyl halides is 3. The highest BCUT2D eigenvalue weighted by atomic mass is 79.9. The molecule has 1 aliphatic rings. The maximum Gasteiger partial charge on any atom is 0.410 e. The molecule has 162 valence electrons. The smallest absolute Gasteiger partial charge is 0.363 e. The minimum atomic E-state index is -4.50. The summed E-state index contributed by atoms with van der Waals surface area (Å²) >= 11 is 3.33. The van der Waals surface area contributed by atoms with E-state index in [1.54, 1.807) is 36.4 Å². The fourth-order valence-electron chi connectivity index (χ4n) is 3.62. The number of anilines is 2. The van der Waals surface area contributed by atoms with E-state index < -0.39 is 24.2 Å². The van der Waals surface area contributed by atoms with Gasteiger partial charge in [0.05, 0.1) is 6.04 Å². The highest BCUT2D eigenvalue weighted by molar-refractivity contribution is 9.10. The van der Waals surface area contributed by atoms with E-state index in [4.69, 9.17) is 0 Å². The third-order valence-electron chi connectivity index (χ3n) is 5.31. The molecule has 0 unspecified atom stereocenters. The number of amides is 1. The molecule has 9 heteroatoms. The van der Waals surface area contributed by atoms with Crippen LogP contribution in [0.25, 0.3) is 0 Å². The summed E-state index contributed by atoms with van der Waals surface area (Å²) < 4.78 is 43.1. The first kappa shape index (κ1) is 21.4. The average molecular weight is 493 g/mol. The normalized spacial score (nSPS) is 18.2. The van der Waals surface area contributed by atoms with Crippen LogP contribution in [0.1, 0.15) is 47.0 Å². The van der Waals surface area contributed by atoms with Crippen molar-refractivity contribution < 1.29 is 18.0 Å². The van der Waals surface area contributed by atoms with Gasteiger partial charge >= 0.3 is 6.18 Å². The molecule has 1 aliphatic heterocycles. The Kier molecular flexibility index (Phi) is 5.79. The van der Waals surface area contributed by atoms with Crippen molar-refractivity contribution in [2.24, 2.45) is 0 Å². The van der Waals surface area contributed by atoms with E-state index in [2.05, 4.69) is 31.7 Å². The number of hydrogen-bond donors (Lipinski definition) is 2. The number of nitrogens with one attached hydrogen (secondary N) is 2. The predicted molar refractivity (Wildman–Crippen MR) is 116 cm³/mol. The van der Waals surface area contributed by atoms with Crippen molar-refractivity contribution in [3.63, 3.8) is 0 Å². The van der Waals surface area contributed by atoms with Crippen LogP contribution < -0.4 is 10.6 Å². The third kappa shape index (κ3) is 4.61. The Balaban J connectivity index is 1.61. The number of rotatable bonds is 4. The highest BCUT2D eigenvalue weighted by Gasteiger charge is 2.46. The lowest BCUT2D eigenvalue weighted by atomic mass is 9.97. The second-order valence-electron chi connectivity index (χ2n) is 7.41. The summed E-state index contributed by atoms with van der Waals surface area (Å²) in [5.74, 6) is -0.401. The molecule has 0 aliphatic carbocycles. The molecular weight excluding hydrogens is 473 g/mol. The Bertz CT molecular complexity index is 1080. The average Bonchev–Trinajstić information content (AvgIpc) is 3.17. The fraction of sp³-hybridized carbons (Fsp3) is 0.273. The van der Waals surface area contributed by atoms with Crippen LogP contribution in [-0.4, -0.2) is 21.9 Å². The minimum absolute atomic E-state index is 0.0761. The molecule has 2 N–H and O–H groups in total. The quantitative estimate of drug-likeness (QED) is 0.461. The maximum absolute atomic E-state index is 13.8. The number of nitrogens with zero attached hydrogens (tertiary/aromatic N) is 2. The van der Waals surface area contributed by atoms with E-state index in [0.29, 0.717) is 5.69 Å². The number of aryl methyl sites for hydroxylation is 1. The Morgan fingerprint density at radius 1 is 1.19 bits per heavy atom. The van der Waals surface area contributed by atoms with E-state index in [0.717, 1.165) is 26.7 Å². The molecule has 1 amide bonds. The van der Waals surface area contributed by atoms with Gasteiger partial charge in [-0.3, -0.25) is 4.79 Å². The van der Waals surface area contributed by atoms with E-state index in [1.807, 2.05) is 19.1 Å². The molecule has 0 fully saturated rings. The summed E-state index contributed by atoms with van der Waals surface area (Å²) in [4.78, 5) is 12.6. The summed E-state index contributed by atoms with van der Waals surface area (Å²) in [6.07, 6.45) is -3.86.